The number of carbonyl (C=O) groups excluding carboxylic acids is 1. The van der Waals surface area contributed by atoms with E-state index in [9.17, 15) is 14.7 Å². The van der Waals surface area contributed by atoms with Crippen LogP contribution in [0.5, 0.6) is 0 Å². The van der Waals surface area contributed by atoms with Gasteiger partial charge in [-0.3, -0.25) is 4.90 Å². The van der Waals surface area contributed by atoms with Crippen molar-refractivity contribution in [2.45, 2.75) is 58.1 Å². The summed E-state index contributed by atoms with van der Waals surface area (Å²) in [5, 5.41) is 18.2. The smallest absolute Gasteiger partial charge is 0.411 e. The van der Waals surface area contributed by atoms with Crippen molar-refractivity contribution in [3.63, 3.8) is 0 Å². The quantitative estimate of drug-likeness (QED) is 0.777. The summed E-state index contributed by atoms with van der Waals surface area (Å²) >= 11 is 0. The molecular weight excluding hydrogens is 274 g/mol. The molecule has 0 radical (unpaired) electrons. The first kappa shape index (κ1) is 17.5. The van der Waals surface area contributed by atoms with Crippen LogP contribution in [0.1, 0.15) is 46.5 Å². The lowest BCUT2D eigenvalue weighted by Gasteiger charge is -2.30. The van der Waals surface area contributed by atoms with Crippen LogP contribution in [0.4, 0.5) is 4.79 Å². The fourth-order valence-corrected chi connectivity index (χ4v) is 2.23. The zero-order valence-electron chi connectivity index (χ0n) is 13.0. The Labute approximate surface area is 125 Å². The average Bonchev–Trinajstić information content (AvgIpc) is 2.56. The Hall–Kier alpha value is -1.56. The molecule has 0 aromatic heterocycles. The minimum absolute atomic E-state index is 0.107. The van der Waals surface area contributed by atoms with Gasteiger partial charge in [0.25, 0.3) is 0 Å². The van der Waals surface area contributed by atoms with Gasteiger partial charge in [0.2, 0.25) is 0 Å². The highest BCUT2D eigenvalue weighted by atomic mass is 16.6. The molecule has 0 spiro atoms. The molecule has 1 amide bonds. The van der Waals surface area contributed by atoms with Gasteiger partial charge in [-0.15, -0.1) is 0 Å². The summed E-state index contributed by atoms with van der Waals surface area (Å²) in [6.07, 6.45) is 3.55. The molecule has 6 heteroatoms. The number of ether oxygens (including phenoxy) is 1. The van der Waals surface area contributed by atoms with Gasteiger partial charge in [-0.1, -0.05) is 11.6 Å². The van der Waals surface area contributed by atoms with Crippen LogP contribution in [-0.4, -0.2) is 52.0 Å². The Balaban J connectivity index is 2.79. The summed E-state index contributed by atoms with van der Waals surface area (Å²) in [6.45, 7) is 5.69. The van der Waals surface area contributed by atoms with Gasteiger partial charge < -0.3 is 14.9 Å². The average molecular weight is 299 g/mol. The van der Waals surface area contributed by atoms with Crippen LogP contribution >= 0.6 is 0 Å². The van der Waals surface area contributed by atoms with Gasteiger partial charge in [-0.2, -0.15) is 0 Å². The van der Waals surface area contributed by atoms with Gasteiger partial charge in [0.1, 0.15) is 11.6 Å². The number of nitrogens with zero attached hydrogens (tertiary/aromatic N) is 1. The number of hydrogen-bond donors (Lipinski definition) is 2. The number of aliphatic carboxylic acids is 1. The Morgan fingerprint density at radius 1 is 1.43 bits per heavy atom. The summed E-state index contributed by atoms with van der Waals surface area (Å²) in [5.41, 5.74) is 0.431. The second kappa shape index (κ2) is 7.45. The molecular formula is C15H25NO5. The molecule has 1 aliphatic rings. The third kappa shape index (κ3) is 5.75. The van der Waals surface area contributed by atoms with Crippen LogP contribution in [0.2, 0.25) is 0 Å². The maximum atomic E-state index is 12.2. The molecule has 0 saturated heterocycles. The zero-order chi connectivity index (χ0) is 16.0. The molecule has 0 unspecified atom stereocenters. The third-order valence-electron chi connectivity index (χ3n) is 3.25. The van der Waals surface area contributed by atoms with Crippen molar-refractivity contribution in [3.8, 4) is 0 Å². The number of aliphatic hydroxyl groups is 1. The summed E-state index contributed by atoms with van der Waals surface area (Å²) in [4.78, 5) is 24.9. The highest BCUT2D eigenvalue weighted by Gasteiger charge is 2.33. The molecule has 0 aliphatic carbocycles. The Kier molecular flexibility index (Phi) is 6.20. The molecule has 0 fully saturated rings. The summed E-state index contributed by atoms with van der Waals surface area (Å²) in [7, 11) is 0. The Morgan fingerprint density at radius 3 is 2.62 bits per heavy atom. The lowest BCUT2D eigenvalue weighted by Crippen LogP contribution is -2.46. The monoisotopic (exact) mass is 299 g/mol. The van der Waals surface area contributed by atoms with E-state index < -0.39 is 23.7 Å². The standard InChI is InChI=1S/C15H25NO5/c1-15(2,3)21-14(20)16-9-8-11(5-4-10-17)6-7-12(16)13(18)19/h6,12,17H,4-5,7-10H2,1-3H3,(H,18,19)/t12-/m0/s1. The summed E-state index contributed by atoms with van der Waals surface area (Å²) in [5.74, 6) is -1.03. The lowest BCUT2D eigenvalue weighted by molar-refractivity contribution is -0.143. The number of carbonyl (C=O) groups is 2. The zero-order valence-corrected chi connectivity index (χ0v) is 13.0. The molecule has 0 aromatic carbocycles. The molecule has 21 heavy (non-hydrogen) atoms. The maximum Gasteiger partial charge on any atom is 0.411 e. The SMILES string of the molecule is CC(C)(C)OC(=O)N1CCC(CCCO)=CC[C@H]1C(=O)O. The molecule has 0 saturated carbocycles. The Morgan fingerprint density at radius 2 is 2.10 bits per heavy atom. The molecule has 1 aliphatic heterocycles. The van der Waals surface area contributed by atoms with Crippen molar-refractivity contribution in [2.75, 3.05) is 13.2 Å². The van der Waals surface area contributed by atoms with Crippen LogP contribution in [-0.2, 0) is 9.53 Å². The van der Waals surface area contributed by atoms with E-state index in [0.717, 1.165) is 12.0 Å². The van der Waals surface area contributed by atoms with E-state index in [2.05, 4.69) is 0 Å². The van der Waals surface area contributed by atoms with Crippen LogP contribution in [0, 0.1) is 0 Å². The van der Waals surface area contributed by atoms with E-state index in [1.165, 1.54) is 4.90 Å². The maximum absolute atomic E-state index is 12.2. The molecule has 0 bridgehead atoms. The van der Waals surface area contributed by atoms with Crippen molar-refractivity contribution in [1.82, 2.24) is 4.90 Å². The number of hydrogen-bond acceptors (Lipinski definition) is 4. The largest absolute Gasteiger partial charge is 0.480 e. The van der Waals surface area contributed by atoms with E-state index in [1.807, 2.05) is 6.08 Å². The lowest BCUT2D eigenvalue weighted by atomic mass is 10.1. The Bertz CT molecular complexity index is 411. The van der Waals surface area contributed by atoms with E-state index in [0.29, 0.717) is 19.4 Å². The molecule has 120 valence electrons. The predicted molar refractivity (Wildman–Crippen MR) is 78.0 cm³/mol. The first-order valence-electron chi connectivity index (χ1n) is 7.26. The number of carboxylic acid groups (broad SMARTS) is 1. The van der Waals surface area contributed by atoms with Crippen LogP contribution < -0.4 is 0 Å². The second-order valence-corrected chi connectivity index (χ2v) is 6.20. The van der Waals surface area contributed by atoms with Crippen LogP contribution in [0.15, 0.2) is 11.6 Å². The van der Waals surface area contributed by atoms with Crippen molar-refractivity contribution >= 4 is 12.1 Å². The molecule has 1 rings (SSSR count). The number of carboxylic acids is 1. The normalized spacial score (nSPS) is 19.7. The predicted octanol–water partition coefficient (Wildman–Crippen LogP) is 2.17. The van der Waals surface area contributed by atoms with E-state index in [-0.39, 0.29) is 13.0 Å². The van der Waals surface area contributed by atoms with E-state index >= 15 is 0 Å². The first-order valence-corrected chi connectivity index (χ1v) is 7.26. The fourth-order valence-electron chi connectivity index (χ4n) is 2.23. The fraction of sp³-hybridized carbons (Fsp3) is 0.733. The molecule has 0 aromatic rings. The van der Waals surface area contributed by atoms with Gasteiger partial charge in [0.05, 0.1) is 0 Å². The van der Waals surface area contributed by atoms with Crippen molar-refractivity contribution < 1.29 is 24.5 Å². The minimum atomic E-state index is -1.03. The molecule has 6 nitrogen and oxygen atoms in total. The number of aliphatic hydroxyl groups excluding tert-OH is 1. The van der Waals surface area contributed by atoms with Crippen molar-refractivity contribution in [1.29, 1.82) is 0 Å². The number of rotatable bonds is 4. The summed E-state index contributed by atoms with van der Waals surface area (Å²) in [6, 6.07) is -0.897. The van der Waals surface area contributed by atoms with E-state index in [1.54, 1.807) is 20.8 Å². The van der Waals surface area contributed by atoms with Gasteiger partial charge in [0.15, 0.2) is 0 Å². The van der Waals surface area contributed by atoms with Crippen molar-refractivity contribution in [3.05, 3.63) is 11.6 Å². The molecule has 2 N–H and O–H groups in total. The highest BCUT2D eigenvalue weighted by molar-refractivity contribution is 5.80. The topological polar surface area (TPSA) is 87.1 Å². The van der Waals surface area contributed by atoms with E-state index in [4.69, 9.17) is 9.84 Å². The number of amides is 1. The van der Waals surface area contributed by atoms with Crippen LogP contribution in [0.3, 0.4) is 0 Å². The second-order valence-electron chi connectivity index (χ2n) is 6.20. The van der Waals surface area contributed by atoms with Gasteiger partial charge in [0, 0.05) is 13.2 Å². The molecule has 1 heterocycles. The summed E-state index contributed by atoms with van der Waals surface area (Å²) < 4.78 is 5.29. The van der Waals surface area contributed by atoms with Gasteiger partial charge >= 0.3 is 12.1 Å². The van der Waals surface area contributed by atoms with Crippen LogP contribution in [0.25, 0.3) is 0 Å². The third-order valence-corrected chi connectivity index (χ3v) is 3.25. The first-order chi connectivity index (χ1) is 9.74. The molecule has 1 atom stereocenters. The highest BCUT2D eigenvalue weighted by Crippen LogP contribution is 2.22. The van der Waals surface area contributed by atoms with Gasteiger partial charge in [-0.05, 0) is 46.5 Å². The van der Waals surface area contributed by atoms with Crippen molar-refractivity contribution in [2.24, 2.45) is 0 Å². The van der Waals surface area contributed by atoms with Gasteiger partial charge in [-0.25, -0.2) is 9.59 Å². The minimum Gasteiger partial charge on any atom is -0.480 e.